The van der Waals surface area contributed by atoms with E-state index >= 15 is 0 Å². The molecule has 0 bridgehead atoms. The van der Waals surface area contributed by atoms with Gasteiger partial charge in [0.1, 0.15) is 35.5 Å². The predicted octanol–water partition coefficient (Wildman–Crippen LogP) is 0.600. The smallest absolute Gasteiger partial charge is 0.246 e. The maximum atomic E-state index is 14.3. The lowest BCUT2D eigenvalue weighted by Gasteiger charge is -2.43. The lowest BCUT2D eigenvalue weighted by Crippen LogP contribution is -2.67. The van der Waals surface area contributed by atoms with Crippen molar-refractivity contribution in [1.29, 1.82) is 0 Å². The Bertz CT molecular complexity index is 1630. The van der Waals surface area contributed by atoms with Crippen LogP contribution in [0.5, 0.6) is 0 Å². The molecule has 17 heteroatoms. The molecule has 0 aromatic heterocycles. The molecule has 314 valence electrons. The van der Waals surface area contributed by atoms with Crippen LogP contribution in [0.4, 0.5) is 4.39 Å². The van der Waals surface area contributed by atoms with Crippen LogP contribution in [0.3, 0.4) is 0 Å². The zero-order valence-electron chi connectivity index (χ0n) is 32.9. The number of hydrogen-bond acceptors (Lipinski definition) is 8. The van der Waals surface area contributed by atoms with Crippen LogP contribution >= 0.6 is 0 Å². The summed E-state index contributed by atoms with van der Waals surface area (Å²) in [7, 11) is 0. The Hall–Kier alpha value is -4.80. The highest BCUT2D eigenvalue weighted by atomic mass is 19.1. The third-order valence-electron chi connectivity index (χ3n) is 11.8. The van der Waals surface area contributed by atoms with Crippen LogP contribution in [0.25, 0.3) is 0 Å². The molecule has 1 aliphatic carbocycles. The number of aliphatic imine (C=N–C) groups is 1. The maximum absolute atomic E-state index is 14.3. The largest absolute Gasteiger partial charge is 0.370 e. The Labute approximate surface area is 334 Å². The molecular weight excluding hydrogens is 736 g/mol. The van der Waals surface area contributed by atoms with Crippen LogP contribution < -0.4 is 38.5 Å². The topological polar surface area (TPSA) is 247 Å². The van der Waals surface area contributed by atoms with Crippen molar-refractivity contribution in [3.8, 4) is 0 Å². The van der Waals surface area contributed by atoms with Crippen LogP contribution in [0.2, 0.25) is 0 Å². The first kappa shape index (κ1) is 43.3. The summed E-state index contributed by atoms with van der Waals surface area (Å²) in [5.41, 5.74) is 16.5. The van der Waals surface area contributed by atoms with Crippen molar-refractivity contribution in [1.82, 2.24) is 31.1 Å². The summed E-state index contributed by atoms with van der Waals surface area (Å²) in [6, 6.07) is 1.22. The van der Waals surface area contributed by atoms with Gasteiger partial charge in [-0.3, -0.25) is 33.8 Å². The first-order valence-electron chi connectivity index (χ1n) is 20.8. The summed E-state index contributed by atoms with van der Waals surface area (Å²) < 4.78 is 14.2. The van der Waals surface area contributed by atoms with Crippen LogP contribution in [-0.2, 0) is 35.2 Å². The maximum Gasteiger partial charge on any atom is 0.246 e. The van der Waals surface area contributed by atoms with E-state index < -0.39 is 65.2 Å². The normalized spacial score (nSPS) is 27.4. The first-order chi connectivity index (χ1) is 27.4. The Kier molecular flexibility index (Phi) is 15.6. The molecular formula is C40H61FN10O6. The quantitative estimate of drug-likeness (QED) is 0.121. The highest BCUT2D eigenvalue weighted by Gasteiger charge is 2.49. The van der Waals surface area contributed by atoms with E-state index in [2.05, 4.69) is 26.3 Å². The zero-order chi connectivity index (χ0) is 41.0. The number of guanidine groups is 1. The van der Waals surface area contributed by atoms with E-state index in [1.807, 2.05) is 0 Å². The van der Waals surface area contributed by atoms with Gasteiger partial charge in [-0.25, -0.2) is 4.39 Å². The molecule has 5 rings (SSSR count). The van der Waals surface area contributed by atoms with Gasteiger partial charge in [-0.1, -0.05) is 44.2 Å². The van der Waals surface area contributed by atoms with E-state index in [1.54, 1.807) is 11.0 Å². The second-order valence-electron chi connectivity index (χ2n) is 16.0. The van der Waals surface area contributed by atoms with Gasteiger partial charge in [-0.2, -0.15) is 0 Å². The number of rotatable bonds is 6. The standard InChI is InChI=1S/C40H61FN10O6/c41-27-13-7-12-26(24-27)25-30-37(56)51-23-10-17-32(51)35(54)49-40(18-11-19-40)38(57)48-29(15-8-21-46-39(43)44)36(55)50-22-9-16-31(50)34(53)45-20-6-4-2-1-3-5-14-28(42)33(52)47-30/h7,12-13,24,28-32H,1-6,8-11,14-23,25,42H2,(H,45,53)(H,47,52)(H,48,57)(H,49,54)(H4,43,44,46)/t28-,29-,30-,31-,32-/m0/s1. The number of nitrogens with zero attached hydrogens (tertiary/aromatic N) is 3. The van der Waals surface area contributed by atoms with Gasteiger partial charge in [0.15, 0.2) is 5.96 Å². The lowest BCUT2D eigenvalue weighted by molar-refractivity contribution is -0.146. The van der Waals surface area contributed by atoms with Crippen molar-refractivity contribution >= 4 is 41.4 Å². The van der Waals surface area contributed by atoms with Gasteiger partial charge in [0.05, 0.1) is 6.04 Å². The molecule has 4 aliphatic rings. The summed E-state index contributed by atoms with van der Waals surface area (Å²) in [4.78, 5) is 90.4. The van der Waals surface area contributed by atoms with E-state index in [9.17, 15) is 33.2 Å². The molecule has 10 N–H and O–H groups in total. The minimum absolute atomic E-state index is 0.0107. The third kappa shape index (κ3) is 11.6. The summed E-state index contributed by atoms with van der Waals surface area (Å²) >= 11 is 0. The van der Waals surface area contributed by atoms with E-state index in [4.69, 9.17) is 17.2 Å². The number of amides is 6. The minimum Gasteiger partial charge on any atom is -0.370 e. The number of carbonyl (C=O) groups excluding carboxylic acids is 6. The highest BCUT2D eigenvalue weighted by molar-refractivity contribution is 5.99. The van der Waals surface area contributed by atoms with Gasteiger partial charge in [0.2, 0.25) is 35.4 Å². The lowest BCUT2D eigenvalue weighted by atomic mass is 9.75. The molecule has 3 aliphatic heterocycles. The highest BCUT2D eigenvalue weighted by Crippen LogP contribution is 2.34. The molecule has 1 aromatic rings. The van der Waals surface area contributed by atoms with Gasteiger partial charge in [0, 0.05) is 32.6 Å². The van der Waals surface area contributed by atoms with Gasteiger partial charge < -0.3 is 48.3 Å². The number of hydrogen-bond donors (Lipinski definition) is 7. The zero-order valence-corrected chi connectivity index (χ0v) is 32.9. The van der Waals surface area contributed by atoms with Crippen LogP contribution in [0, 0.1) is 5.82 Å². The Morgan fingerprint density at radius 3 is 2.07 bits per heavy atom. The molecule has 0 radical (unpaired) electrons. The predicted molar refractivity (Wildman–Crippen MR) is 211 cm³/mol. The summed E-state index contributed by atoms with van der Waals surface area (Å²) in [6.07, 6.45) is 9.34. The number of nitrogens with two attached hydrogens (primary N) is 3. The molecule has 1 spiro atoms. The van der Waals surface area contributed by atoms with E-state index in [1.165, 1.54) is 23.1 Å². The Morgan fingerprint density at radius 1 is 0.772 bits per heavy atom. The second-order valence-corrected chi connectivity index (χ2v) is 16.0. The third-order valence-corrected chi connectivity index (χ3v) is 11.8. The number of nitrogens with one attached hydrogen (secondary N) is 4. The fraction of sp³-hybridized carbons (Fsp3) is 0.675. The van der Waals surface area contributed by atoms with E-state index in [-0.39, 0.29) is 43.7 Å². The SMILES string of the molecule is NC(N)=NCCC[C@@H]1NC(=O)C2(CCC2)NC(=O)[C@@H]2CCCN2C(=O)[C@H](Cc2cccc(F)c2)NC(=O)[C@@H](N)CCCCCCCCNC(=O)[C@@H]2CCCN2C1=O. The molecule has 57 heavy (non-hydrogen) atoms. The second kappa shape index (κ2) is 20.6. The summed E-state index contributed by atoms with van der Waals surface area (Å²) in [5.74, 6) is -3.23. The van der Waals surface area contributed by atoms with Crippen LogP contribution in [-0.4, -0.2) is 113 Å². The van der Waals surface area contributed by atoms with Crippen LogP contribution in [0.15, 0.2) is 29.3 Å². The fourth-order valence-corrected chi connectivity index (χ4v) is 8.36. The minimum atomic E-state index is -1.32. The number of fused-ring (bicyclic) bond motifs is 2. The average molecular weight is 797 g/mol. The van der Waals surface area contributed by atoms with Crippen LogP contribution in [0.1, 0.15) is 108 Å². The van der Waals surface area contributed by atoms with E-state index in [0.717, 1.165) is 32.1 Å². The number of halogens is 1. The molecule has 16 nitrogen and oxygen atoms in total. The Balaban J connectivity index is 1.38. The molecule has 0 unspecified atom stereocenters. The van der Waals surface area contributed by atoms with Crippen molar-refractivity contribution in [3.05, 3.63) is 35.6 Å². The van der Waals surface area contributed by atoms with Gasteiger partial charge in [-0.05, 0) is 88.3 Å². The van der Waals surface area contributed by atoms with Crippen molar-refractivity contribution < 1.29 is 33.2 Å². The number of benzene rings is 1. The van der Waals surface area contributed by atoms with Crippen molar-refractivity contribution in [2.24, 2.45) is 22.2 Å². The fourth-order valence-electron chi connectivity index (χ4n) is 8.36. The molecule has 3 heterocycles. The Morgan fingerprint density at radius 2 is 1.42 bits per heavy atom. The van der Waals surface area contributed by atoms with Gasteiger partial charge in [0.25, 0.3) is 0 Å². The monoisotopic (exact) mass is 796 g/mol. The van der Waals surface area contributed by atoms with Gasteiger partial charge in [-0.15, -0.1) is 0 Å². The first-order valence-corrected chi connectivity index (χ1v) is 20.8. The van der Waals surface area contributed by atoms with Crippen molar-refractivity contribution in [2.45, 2.75) is 145 Å². The molecule has 4 fully saturated rings. The number of carbonyl (C=O) groups is 6. The molecule has 6 amide bonds. The molecule has 5 atom stereocenters. The summed E-state index contributed by atoms with van der Waals surface area (Å²) in [5, 5.41) is 11.7. The van der Waals surface area contributed by atoms with Crippen molar-refractivity contribution in [3.63, 3.8) is 0 Å². The average Bonchev–Trinajstić information content (AvgIpc) is 3.86. The van der Waals surface area contributed by atoms with Crippen molar-refractivity contribution in [2.75, 3.05) is 26.2 Å². The molecule has 1 aromatic carbocycles. The van der Waals surface area contributed by atoms with E-state index in [0.29, 0.717) is 82.9 Å². The molecule has 1 saturated carbocycles. The molecule has 3 saturated heterocycles. The summed E-state index contributed by atoms with van der Waals surface area (Å²) in [6.45, 7) is 1.31. The van der Waals surface area contributed by atoms with Gasteiger partial charge >= 0.3 is 0 Å².